The summed E-state index contributed by atoms with van der Waals surface area (Å²) in [5, 5.41) is 9.12. The zero-order valence-electron chi connectivity index (χ0n) is 12.7. The van der Waals surface area contributed by atoms with Gasteiger partial charge in [-0.15, -0.1) is 0 Å². The minimum absolute atomic E-state index is 0.00763. The number of benzene rings is 1. The molecule has 0 amide bonds. The van der Waals surface area contributed by atoms with Gasteiger partial charge in [0.05, 0.1) is 15.5 Å². The van der Waals surface area contributed by atoms with E-state index in [-0.39, 0.29) is 28.5 Å². The fourth-order valence-electron chi connectivity index (χ4n) is 2.62. The molecule has 1 saturated heterocycles. The number of carbonyl (C=O) groups is 1. The minimum atomic E-state index is -3.95. The number of sulfonamides is 1. The number of hydrogen-bond acceptors (Lipinski definition) is 5. The maximum Gasteiger partial charge on any atom is 0.322 e. The van der Waals surface area contributed by atoms with Gasteiger partial charge in [0.1, 0.15) is 6.04 Å². The Labute approximate surface area is 135 Å². The van der Waals surface area contributed by atoms with Gasteiger partial charge in [-0.25, -0.2) is 16.8 Å². The average molecular weight is 361 g/mol. The van der Waals surface area contributed by atoms with Crippen LogP contribution in [0.5, 0.6) is 0 Å². The van der Waals surface area contributed by atoms with Crippen molar-refractivity contribution in [2.45, 2.75) is 42.0 Å². The number of carboxylic acids is 1. The lowest BCUT2D eigenvalue weighted by atomic mass is 10.2. The van der Waals surface area contributed by atoms with Crippen LogP contribution in [0.1, 0.15) is 26.2 Å². The highest BCUT2D eigenvalue weighted by Gasteiger charge is 2.39. The molecule has 1 fully saturated rings. The quantitative estimate of drug-likeness (QED) is 0.813. The first-order valence-electron chi connectivity index (χ1n) is 7.27. The van der Waals surface area contributed by atoms with Gasteiger partial charge >= 0.3 is 5.97 Å². The molecule has 1 aromatic carbocycles. The first-order chi connectivity index (χ1) is 10.7. The highest BCUT2D eigenvalue weighted by atomic mass is 32.2. The Morgan fingerprint density at radius 2 is 1.74 bits per heavy atom. The zero-order valence-corrected chi connectivity index (χ0v) is 14.3. The van der Waals surface area contributed by atoms with E-state index >= 15 is 0 Å². The van der Waals surface area contributed by atoms with Crippen LogP contribution >= 0.6 is 0 Å². The molecule has 0 radical (unpaired) electrons. The number of sulfone groups is 1. The van der Waals surface area contributed by atoms with Gasteiger partial charge in [-0.1, -0.05) is 6.92 Å². The van der Waals surface area contributed by atoms with Crippen molar-refractivity contribution in [3.05, 3.63) is 24.3 Å². The molecule has 128 valence electrons. The lowest BCUT2D eigenvalue weighted by molar-refractivity contribution is -0.140. The van der Waals surface area contributed by atoms with Gasteiger partial charge in [0.15, 0.2) is 9.84 Å². The Kier molecular flexibility index (Phi) is 5.12. The number of hydrogen-bond donors (Lipinski definition) is 1. The fourth-order valence-corrected chi connectivity index (χ4v) is 5.59. The van der Waals surface area contributed by atoms with Crippen LogP contribution in [-0.2, 0) is 24.7 Å². The van der Waals surface area contributed by atoms with Gasteiger partial charge in [0, 0.05) is 6.54 Å². The van der Waals surface area contributed by atoms with Crippen LogP contribution in [0.25, 0.3) is 0 Å². The van der Waals surface area contributed by atoms with Gasteiger partial charge in [-0.3, -0.25) is 4.79 Å². The highest BCUT2D eigenvalue weighted by Crippen LogP contribution is 2.27. The second-order valence-electron chi connectivity index (χ2n) is 5.40. The summed E-state index contributed by atoms with van der Waals surface area (Å²) in [7, 11) is -7.37. The van der Waals surface area contributed by atoms with E-state index < -0.39 is 31.9 Å². The summed E-state index contributed by atoms with van der Waals surface area (Å²) in [6.45, 7) is 1.89. The molecule has 1 aliphatic heterocycles. The molecule has 1 heterocycles. The molecule has 0 unspecified atom stereocenters. The molecular formula is C14H19NO6S2. The SMILES string of the molecule is CCCS(=O)(=O)c1ccc(S(=O)(=O)N2CCC[C@@H]2C(=O)O)cc1. The third kappa shape index (κ3) is 3.56. The molecule has 7 nitrogen and oxygen atoms in total. The van der Waals surface area contributed by atoms with Gasteiger partial charge in [-0.2, -0.15) is 4.31 Å². The second-order valence-corrected chi connectivity index (χ2v) is 9.40. The molecular weight excluding hydrogens is 342 g/mol. The van der Waals surface area contributed by atoms with E-state index in [2.05, 4.69) is 0 Å². The van der Waals surface area contributed by atoms with Crippen LogP contribution in [-0.4, -0.2) is 50.6 Å². The fraction of sp³-hybridized carbons (Fsp3) is 0.500. The van der Waals surface area contributed by atoms with Crippen molar-refractivity contribution >= 4 is 25.8 Å². The van der Waals surface area contributed by atoms with Crippen molar-refractivity contribution in [2.24, 2.45) is 0 Å². The van der Waals surface area contributed by atoms with Crippen LogP contribution in [0.15, 0.2) is 34.1 Å². The summed E-state index contributed by atoms with van der Waals surface area (Å²) < 4.78 is 50.0. The summed E-state index contributed by atoms with van der Waals surface area (Å²) in [5.74, 6) is -1.18. The predicted molar refractivity (Wildman–Crippen MR) is 83.3 cm³/mol. The van der Waals surface area contributed by atoms with Crippen LogP contribution < -0.4 is 0 Å². The summed E-state index contributed by atoms with van der Waals surface area (Å²) >= 11 is 0. The van der Waals surface area contributed by atoms with Crippen LogP contribution in [0, 0.1) is 0 Å². The zero-order chi connectivity index (χ0) is 17.3. The lowest BCUT2D eigenvalue weighted by Gasteiger charge is -2.21. The van der Waals surface area contributed by atoms with Crippen LogP contribution in [0.2, 0.25) is 0 Å². The molecule has 0 saturated carbocycles. The second kappa shape index (κ2) is 6.58. The monoisotopic (exact) mass is 361 g/mol. The van der Waals surface area contributed by atoms with Crippen molar-refractivity contribution in [3.8, 4) is 0 Å². The lowest BCUT2D eigenvalue weighted by Crippen LogP contribution is -2.40. The molecule has 1 atom stereocenters. The maximum atomic E-state index is 12.5. The number of carboxylic acid groups (broad SMARTS) is 1. The topological polar surface area (TPSA) is 109 Å². The molecule has 0 aromatic heterocycles. The van der Waals surface area contributed by atoms with Crippen LogP contribution in [0.4, 0.5) is 0 Å². The van der Waals surface area contributed by atoms with E-state index in [9.17, 15) is 21.6 Å². The molecule has 1 aliphatic rings. The Hall–Kier alpha value is -1.45. The summed E-state index contributed by atoms with van der Waals surface area (Å²) in [6.07, 6.45) is 1.23. The van der Waals surface area contributed by atoms with E-state index in [4.69, 9.17) is 5.11 Å². The van der Waals surface area contributed by atoms with Crippen molar-refractivity contribution in [2.75, 3.05) is 12.3 Å². The van der Waals surface area contributed by atoms with Gasteiger partial charge in [0.25, 0.3) is 0 Å². The largest absolute Gasteiger partial charge is 0.480 e. The Morgan fingerprint density at radius 1 is 1.17 bits per heavy atom. The maximum absolute atomic E-state index is 12.5. The van der Waals surface area contributed by atoms with E-state index in [0.29, 0.717) is 12.8 Å². The normalized spacial score (nSPS) is 19.8. The van der Waals surface area contributed by atoms with Crippen molar-refractivity contribution in [3.63, 3.8) is 0 Å². The third-order valence-corrected chi connectivity index (χ3v) is 7.61. The molecule has 23 heavy (non-hydrogen) atoms. The first kappa shape index (κ1) is 17.9. The van der Waals surface area contributed by atoms with E-state index in [0.717, 1.165) is 4.31 Å². The number of rotatable bonds is 6. The smallest absolute Gasteiger partial charge is 0.322 e. The highest BCUT2D eigenvalue weighted by molar-refractivity contribution is 7.91. The number of aliphatic carboxylic acids is 1. The molecule has 9 heteroatoms. The van der Waals surface area contributed by atoms with E-state index in [1.165, 1.54) is 24.3 Å². The first-order valence-corrected chi connectivity index (χ1v) is 10.4. The molecule has 2 rings (SSSR count). The minimum Gasteiger partial charge on any atom is -0.480 e. The average Bonchev–Trinajstić information content (AvgIpc) is 2.98. The summed E-state index contributed by atoms with van der Waals surface area (Å²) in [5.41, 5.74) is 0. The Balaban J connectivity index is 2.33. The summed E-state index contributed by atoms with van der Waals surface area (Å²) in [4.78, 5) is 11.1. The molecule has 1 N–H and O–H groups in total. The Bertz CT molecular complexity index is 783. The molecule has 0 aliphatic carbocycles. The standard InChI is InChI=1S/C14H19NO6S2/c1-2-10-22(18,19)11-5-7-12(8-6-11)23(20,21)15-9-3-4-13(15)14(16)17/h5-8,13H,2-4,9-10H2,1H3,(H,16,17)/t13-/m1/s1. The molecule has 0 spiro atoms. The van der Waals surface area contributed by atoms with Crippen molar-refractivity contribution in [1.82, 2.24) is 4.31 Å². The number of nitrogens with zero attached hydrogens (tertiary/aromatic N) is 1. The van der Waals surface area contributed by atoms with Gasteiger partial charge < -0.3 is 5.11 Å². The Morgan fingerprint density at radius 3 is 2.26 bits per heavy atom. The third-order valence-electron chi connectivity index (χ3n) is 3.75. The van der Waals surface area contributed by atoms with Crippen LogP contribution in [0.3, 0.4) is 0 Å². The van der Waals surface area contributed by atoms with E-state index in [1.54, 1.807) is 6.92 Å². The summed E-state index contributed by atoms with van der Waals surface area (Å²) in [6, 6.07) is 3.88. The molecule has 1 aromatic rings. The predicted octanol–water partition coefficient (Wildman–Crippen LogP) is 1.11. The molecule has 0 bridgehead atoms. The van der Waals surface area contributed by atoms with Crippen molar-refractivity contribution in [1.29, 1.82) is 0 Å². The van der Waals surface area contributed by atoms with Gasteiger partial charge in [-0.05, 0) is 43.5 Å². The van der Waals surface area contributed by atoms with E-state index in [1.807, 2.05) is 0 Å². The van der Waals surface area contributed by atoms with Gasteiger partial charge in [0.2, 0.25) is 10.0 Å². The van der Waals surface area contributed by atoms with Crippen molar-refractivity contribution < 1.29 is 26.7 Å².